The summed E-state index contributed by atoms with van der Waals surface area (Å²) >= 11 is 3.38. The molecule has 1 amide bonds. The van der Waals surface area contributed by atoms with E-state index in [0.29, 0.717) is 13.0 Å². The van der Waals surface area contributed by atoms with Gasteiger partial charge in [0.15, 0.2) is 0 Å². The molecule has 1 aromatic rings. The van der Waals surface area contributed by atoms with Gasteiger partial charge in [0.2, 0.25) is 5.91 Å². The quantitative estimate of drug-likeness (QED) is 0.913. The van der Waals surface area contributed by atoms with Crippen molar-refractivity contribution in [1.29, 1.82) is 0 Å². The van der Waals surface area contributed by atoms with E-state index in [1.807, 2.05) is 24.3 Å². The maximum atomic E-state index is 10.9. The van der Waals surface area contributed by atoms with Crippen LogP contribution < -0.4 is 10.1 Å². The van der Waals surface area contributed by atoms with Gasteiger partial charge in [-0.3, -0.25) is 4.79 Å². The second-order valence-electron chi connectivity index (χ2n) is 3.57. The minimum Gasteiger partial charge on any atom is -0.491 e. The van der Waals surface area contributed by atoms with Gasteiger partial charge in [-0.25, -0.2) is 0 Å². The van der Waals surface area contributed by atoms with Gasteiger partial charge in [0.05, 0.1) is 6.04 Å². The summed E-state index contributed by atoms with van der Waals surface area (Å²) in [5, 5.41) is 2.86. The number of carbonyl (C=O) groups excluding carboxylic acids is 1. The number of amides is 1. The lowest BCUT2D eigenvalue weighted by Crippen LogP contribution is -2.30. The van der Waals surface area contributed by atoms with E-state index < -0.39 is 0 Å². The highest BCUT2D eigenvalue weighted by Crippen LogP contribution is 2.18. The molecule has 1 atom stereocenters. The molecule has 0 spiro atoms. The van der Waals surface area contributed by atoms with Gasteiger partial charge >= 0.3 is 0 Å². The van der Waals surface area contributed by atoms with Crippen molar-refractivity contribution < 1.29 is 9.53 Å². The fraction of sp³-hybridized carbons (Fsp3) is 0.364. The van der Waals surface area contributed by atoms with Crippen molar-refractivity contribution in [3.8, 4) is 5.75 Å². The van der Waals surface area contributed by atoms with Crippen LogP contribution in [-0.4, -0.2) is 18.6 Å². The summed E-state index contributed by atoms with van der Waals surface area (Å²) in [5.74, 6) is 0.948. The predicted octanol–water partition coefficient (Wildman–Crippen LogP) is 2.11. The molecule has 1 aromatic carbocycles. The Hall–Kier alpha value is -1.03. The summed E-state index contributed by atoms with van der Waals surface area (Å²) in [7, 11) is 0. The van der Waals surface area contributed by atoms with Crippen LogP contribution in [0.1, 0.15) is 12.8 Å². The molecule has 1 N–H and O–H groups in total. The van der Waals surface area contributed by atoms with Crippen LogP contribution in [0.15, 0.2) is 28.7 Å². The van der Waals surface area contributed by atoms with E-state index in [1.165, 1.54) is 0 Å². The van der Waals surface area contributed by atoms with E-state index in [4.69, 9.17) is 4.74 Å². The highest BCUT2D eigenvalue weighted by Gasteiger charge is 2.20. The van der Waals surface area contributed by atoms with Gasteiger partial charge in [-0.05, 0) is 24.6 Å². The van der Waals surface area contributed by atoms with Crippen molar-refractivity contribution in [1.82, 2.24) is 5.32 Å². The Morgan fingerprint density at radius 1 is 1.53 bits per heavy atom. The van der Waals surface area contributed by atoms with Gasteiger partial charge < -0.3 is 10.1 Å². The minimum atomic E-state index is 0.123. The molecule has 0 radical (unpaired) electrons. The fourth-order valence-electron chi connectivity index (χ4n) is 1.56. The zero-order valence-corrected chi connectivity index (χ0v) is 9.79. The van der Waals surface area contributed by atoms with Gasteiger partial charge in [0.25, 0.3) is 0 Å². The summed E-state index contributed by atoms with van der Waals surface area (Å²) in [5.41, 5.74) is 0. The fourth-order valence-corrected chi connectivity index (χ4v) is 1.93. The van der Waals surface area contributed by atoms with Crippen molar-refractivity contribution in [3.63, 3.8) is 0 Å². The van der Waals surface area contributed by atoms with Crippen LogP contribution in [0.5, 0.6) is 5.75 Å². The van der Waals surface area contributed by atoms with Gasteiger partial charge in [-0.2, -0.15) is 0 Å². The zero-order valence-electron chi connectivity index (χ0n) is 8.20. The third kappa shape index (κ3) is 2.96. The maximum absolute atomic E-state index is 10.9. The Bertz CT molecular complexity index is 367. The van der Waals surface area contributed by atoms with Gasteiger partial charge in [0, 0.05) is 10.9 Å². The molecule has 0 aliphatic carbocycles. The molecule has 1 fully saturated rings. The molecule has 1 unspecified atom stereocenters. The average molecular weight is 270 g/mol. The maximum Gasteiger partial charge on any atom is 0.220 e. The molecule has 2 rings (SSSR count). The normalized spacial score (nSPS) is 20.1. The zero-order chi connectivity index (χ0) is 10.7. The van der Waals surface area contributed by atoms with Crippen molar-refractivity contribution >= 4 is 21.8 Å². The average Bonchev–Trinajstić information content (AvgIpc) is 2.62. The van der Waals surface area contributed by atoms with Crippen molar-refractivity contribution in [2.75, 3.05) is 6.61 Å². The number of benzene rings is 1. The van der Waals surface area contributed by atoms with Gasteiger partial charge in [0.1, 0.15) is 12.4 Å². The molecule has 15 heavy (non-hydrogen) atoms. The SMILES string of the molecule is O=C1CCC(COc2cccc(Br)c2)N1. The Morgan fingerprint density at radius 2 is 2.40 bits per heavy atom. The highest BCUT2D eigenvalue weighted by molar-refractivity contribution is 9.10. The highest BCUT2D eigenvalue weighted by atomic mass is 79.9. The van der Waals surface area contributed by atoms with Crippen LogP contribution in [0.3, 0.4) is 0 Å². The van der Waals surface area contributed by atoms with E-state index in [0.717, 1.165) is 16.6 Å². The number of nitrogens with one attached hydrogen (secondary N) is 1. The first-order chi connectivity index (χ1) is 7.24. The lowest BCUT2D eigenvalue weighted by atomic mass is 10.2. The van der Waals surface area contributed by atoms with Crippen LogP contribution in [0.2, 0.25) is 0 Å². The smallest absolute Gasteiger partial charge is 0.220 e. The van der Waals surface area contributed by atoms with Gasteiger partial charge in [-0.1, -0.05) is 22.0 Å². The van der Waals surface area contributed by atoms with Crippen molar-refractivity contribution in [2.45, 2.75) is 18.9 Å². The van der Waals surface area contributed by atoms with Crippen LogP contribution >= 0.6 is 15.9 Å². The summed E-state index contributed by atoms with van der Waals surface area (Å²) < 4.78 is 6.57. The predicted molar refractivity (Wildman–Crippen MR) is 60.8 cm³/mol. The summed E-state index contributed by atoms with van der Waals surface area (Å²) in [6.45, 7) is 0.544. The number of hydrogen-bond donors (Lipinski definition) is 1. The summed E-state index contributed by atoms with van der Waals surface area (Å²) in [6, 6.07) is 7.85. The standard InChI is InChI=1S/C11H12BrNO2/c12-8-2-1-3-10(6-8)15-7-9-4-5-11(14)13-9/h1-3,6,9H,4-5,7H2,(H,13,14). The monoisotopic (exact) mass is 269 g/mol. The first-order valence-corrected chi connectivity index (χ1v) is 5.71. The molecular formula is C11H12BrNO2. The van der Waals surface area contributed by atoms with Crippen LogP contribution in [0.25, 0.3) is 0 Å². The Kier molecular flexibility index (Phi) is 3.26. The second-order valence-corrected chi connectivity index (χ2v) is 4.49. The number of carbonyl (C=O) groups is 1. The molecule has 0 saturated carbocycles. The molecule has 0 aromatic heterocycles. The molecule has 3 nitrogen and oxygen atoms in total. The first kappa shape index (κ1) is 10.5. The van der Waals surface area contributed by atoms with Crippen LogP contribution in [-0.2, 0) is 4.79 Å². The molecular weight excluding hydrogens is 258 g/mol. The first-order valence-electron chi connectivity index (χ1n) is 4.92. The minimum absolute atomic E-state index is 0.123. The van der Waals surface area contributed by atoms with Crippen LogP contribution in [0, 0.1) is 0 Å². The largest absolute Gasteiger partial charge is 0.491 e. The molecule has 1 aliphatic heterocycles. The van der Waals surface area contributed by atoms with E-state index in [9.17, 15) is 4.79 Å². The van der Waals surface area contributed by atoms with E-state index in [-0.39, 0.29) is 11.9 Å². The van der Waals surface area contributed by atoms with E-state index in [2.05, 4.69) is 21.2 Å². The molecule has 0 bridgehead atoms. The molecule has 1 aliphatic rings. The lowest BCUT2D eigenvalue weighted by Gasteiger charge is -2.11. The topological polar surface area (TPSA) is 38.3 Å². The molecule has 1 saturated heterocycles. The van der Waals surface area contributed by atoms with Gasteiger partial charge in [-0.15, -0.1) is 0 Å². The Morgan fingerprint density at radius 3 is 3.07 bits per heavy atom. The number of halogens is 1. The molecule has 80 valence electrons. The Balaban J connectivity index is 1.85. The Labute approximate surface area is 96.9 Å². The third-order valence-electron chi connectivity index (χ3n) is 2.33. The lowest BCUT2D eigenvalue weighted by molar-refractivity contribution is -0.119. The van der Waals surface area contributed by atoms with E-state index in [1.54, 1.807) is 0 Å². The number of ether oxygens (including phenoxy) is 1. The summed E-state index contributed by atoms with van der Waals surface area (Å²) in [6.07, 6.45) is 1.49. The number of hydrogen-bond acceptors (Lipinski definition) is 2. The van der Waals surface area contributed by atoms with Crippen molar-refractivity contribution in [2.24, 2.45) is 0 Å². The van der Waals surface area contributed by atoms with Crippen molar-refractivity contribution in [3.05, 3.63) is 28.7 Å². The summed E-state index contributed by atoms with van der Waals surface area (Å²) in [4.78, 5) is 10.9. The molecule has 1 heterocycles. The molecule has 4 heteroatoms. The number of rotatable bonds is 3. The van der Waals surface area contributed by atoms with Crippen LogP contribution in [0.4, 0.5) is 0 Å². The second kappa shape index (κ2) is 4.66. The third-order valence-corrected chi connectivity index (χ3v) is 2.83. The van der Waals surface area contributed by atoms with E-state index >= 15 is 0 Å².